The van der Waals surface area contributed by atoms with E-state index in [1.54, 1.807) is 0 Å². The largest absolute Gasteiger partial charge is 0.302 e. The highest BCUT2D eigenvalue weighted by Crippen LogP contribution is 2.52. The number of rotatable bonds is 4. The number of para-hydroxylation sites is 1. The molecule has 3 heterocycles. The van der Waals surface area contributed by atoms with Gasteiger partial charge in [0.25, 0.3) is 0 Å². The summed E-state index contributed by atoms with van der Waals surface area (Å²) in [6.45, 7) is 0. The summed E-state index contributed by atoms with van der Waals surface area (Å²) in [6.07, 6.45) is 4.86. The van der Waals surface area contributed by atoms with Crippen molar-refractivity contribution in [3.05, 3.63) is 198 Å². The standard InChI is InChI=1S/C55H34N4S/c1-3-13-36-28-41(22-20-33(36)10-1)53-56-54(42-23-21-34-11-2-4-14-37(34)29-42)58-55(57-53)59-48-31-39-16-6-5-15-38(39)30-47(48)45-19-9-18-44(52(45)59)40-24-26-46-50(32-40)60-49-27-25-35-12-7-8-17-43(35)51(46)49/h1-32,47-48H. The summed E-state index contributed by atoms with van der Waals surface area (Å²) >= 11 is 1.87. The molecule has 1 aliphatic heterocycles. The average Bonchev–Trinajstić information content (AvgIpc) is 3.85. The number of benzene rings is 9. The van der Waals surface area contributed by atoms with Crippen LogP contribution in [-0.2, 0) is 0 Å². The lowest BCUT2D eigenvalue weighted by atomic mass is 9.88. The number of nitrogens with zero attached hydrogens (tertiary/aromatic N) is 4. The summed E-state index contributed by atoms with van der Waals surface area (Å²) in [5.74, 6) is 2.03. The maximum Gasteiger partial charge on any atom is 0.234 e. The lowest BCUT2D eigenvalue weighted by Gasteiger charge is -2.28. The molecule has 0 amide bonds. The summed E-state index contributed by atoms with van der Waals surface area (Å²) in [5.41, 5.74) is 6.66. The van der Waals surface area contributed by atoms with E-state index in [4.69, 9.17) is 15.0 Å². The van der Waals surface area contributed by atoms with Crippen LogP contribution in [0.5, 0.6) is 0 Å². The van der Waals surface area contributed by atoms with Gasteiger partial charge >= 0.3 is 0 Å². The predicted octanol–water partition coefficient (Wildman–Crippen LogP) is 12.6. The van der Waals surface area contributed by atoms with Gasteiger partial charge in [-0.1, -0.05) is 170 Å². The molecule has 4 nitrogen and oxygen atoms in total. The Balaban J connectivity index is 1.06. The number of hydrogen-bond acceptors (Lipinski definition) is 5. The van der Waals surface area contributed by atoms with Gasteiger partial charge in [-0.2, -0.15) is 9.97 Å². The Bertz CT molecular complexity index is 3620. The number of hydrogen-bond donors (Lipinski definition) is 0. The molecule has 2 atom stereocenters. The van der Waals surface area contributed by atoms with Gasteiger partial charge in [0.05, 0.1) is 11.7 Å². The van der Waals surface area contributed by atoms with Crippen molar-refractivity contribution in [2.24, 2.45) is 0 Å². The van der Waals surface area contributed by atoms with Crippen molar-refractivity contribution in [3.8, 4) is 33.9 Å². The van der Waals surface area contributed by atoms with Gasteiger partial charge in [0.2, 0.25) is 5.95 Å². The molecule has 0 N–H and O–H groups in total. The molecule has 11 aromatic rings. The molecule has 5 heteroatoms. The Labute approximate surface area is 349 Å². The third-order valence-electron chi connectivity index (χ3n) is 12.6. The first-order chi connectivity index (χ1) is 29.7. The second kappa shape index (κ2) is 13.0. The van der Waals surface area contributed by atoms with E-state index < -0.39 is 0 Å². The predicted molar refractivity (Wildman–Crippen MR) is 251 cm³/mol. The molecule has 0 saturated heterocycles. The zero-order chi connectivity index (χ0) is 39.3. The fraction of sp³-hybridized carbons (Fsp3) is 0.0364. The fourth-order valence-electron chi connectivity index (χ4n) is 9.72. The molecule has 0 fully saturated rings. The zero-order valence-corrected chi connectivity index (χ0v) is 33.1. The van der Waals surface area contributed by atoms with E-state index in [9.17, 15) is 0 Å². The van der Waals surface area contributed by atoms with Gasteiger partial charge < -0.3 is 4.90 Å². The molecule has 2 aromatic heterocycles. The third kappa shape index (κ3) is 5.19. The van der Waals surface area contributed by atoms with Crippen molar-refractivity contribution >= 4 is 87.6 Å². The second-order valence-corrected chi connectivity index (χ2v) is 17.1. The summed E-state index contributed by atoms with van der Waals surface area (Å²) in [7, 11) is 0. The van der Waals surface area contributed by atoms with Crippen LogP contribution in [0, 0.1) is 0 Å². The minimum absolute atomic E-state index is 0.0493. The number of anilines is 2. The topological polar surface area (TPSA) is 41.9 Å². The van der Waals surface area contributed by atoms with Crippen molar-refractivity contribution < 1.29 is 0 Å². The van der Waals surface area contributed by atoms with Crippen molar-refractivity contribution in [1.29, 1.82) is 0 Å². The van der Waals surface area contributed by atoms with Gasteiger partial charge in [-0.25, -0.2) is 4.98 Å². The molecule has 280 valence electrons. The highest BCUT2D eigenvalue weighted by Gasteiger charge is 2.41. The van der Waals surface area contributed by atoms with Crippen LogP contribution >= 0.6 is 11.3 Å². The molecular formula is C55H34N4S. The molecule has 0 radical (unpaired) electrons. The Kier molecular flexibility index (Phi) is 7.27. The summed E-state index contributed by atoms with van der Waals surface area (Å²) in [5, 5.41) is 12.3. The highest BCUT2D eigenvalue weighted by atomic mass is 32.1. The van der Waals surface area contributed by atoms with Gasteiger partial charge in [0, 0.05) is 42.8 Å². The summed E-state index contributed by atoms with van der Waals surface area (Å²) in [6, 6.07) is 65.6. The van der Waals surface area contributed by atoms with Gasteiger partial charge in [0.15, 0.2) is 11.6 Å². The van der Waals surface area contributed by atoms with Gasteiger partial charge in [0.1, 0.15) is 0 Å². The molecule has 2 unspecified atom stereocenters. The first kappa shape index (κ1) is 33.5. The SMILES string of the molecule is C1=c2ccccc2=CC2C1c1cccc(-c3ccc4c(c3)sc3ccc5ccccc5c34)c1N2c1nc(-c2ccc3ccccc3c2)nc(-c2ccc3ccccc3c2)n1. The maximum atomic E-state index is 5.44. The smallest absolute Gasteiger partial charge is 0.234 e. The number of fused-ring (bicyclic) bond motifs is 11. The first-order valence-corrected chi connectivity index (χ1v) is 21.3. The lowest BCUT2D eigenvalue weighted by molar-refractivity contribution is 0.779. The van der Waals surface area contributed by atoms with Crippen LogP contribution in [0.15, 0.2) is 182 Å². The Morgan fingerprint density at radius 3 is 1.78 bits per heavy atom. The second-order valence-electron chi connectivity index (χ2n) is 16.0. The molecule has 0 spiro atoms. The zero-order valence-electron chi connectivity index (χ0n) is 32.3. The van der Waals surface area contributed by atoms with Gasteiger partial charge in [-0.05, 0) is 78.1 Å². The van der Waals surface area contributed by atoms with E-state index in [0.29, 0.717) is 17.6 Å². The van der Waals surface area contributed by atoms with Crippen LogP contribution in [-0.4, -0.2) is 21.0 Å². The summed E-state index contributed by atoms with van der Waals surface area (Å²) < 4.78 is 2.59. The van der Waals surface area contributed by atoms with Crippen LogP contribution in [0.1, 0.15) is 11.5 Å². The van der Waals surface area contributed by atoms with Crippen LogP contribution < -0.4 is 15.3 Å². The van der Waals surface area contributed by atoms with E-state index in [1.165, 1.54) is 63.3 Å². The number of aromatic nitrogens is 3. The van der Waals surface area contributed by atoms with E-state index in [0.717, 1.165) is 33.2 Å². The van der Waals surface area contributed by atoms with Crippen LogP contribution in [0.25, 0.3) is 98.5 Å². The molecule has 13 rings (SSSR count). The van der Waals surface area contributed by atoms with E-state index in [1.807, 2.05) is 11.3 Å². The van der Waals surface area contributed by atoms with Gasteiger partial charge in [-0.3, -0.25) is 0 Å². The summed E-state index contributed by atoms with van der Waals surface area (Å²) in [4.78, 5) is 18.5. The quantitative estimate of drug-likeness (QED) is 0.178. The van der Waals surface area contributed by atoms with E-state index in [-0.39, 0.29) is 12.0 Å². The third-order valence-corrected chi connectivity index (χ3v) is 13.7. The van der Waals surface area contributed by atoms with Gasteiger partial charge in [-0.15, -0.1) is 11.3 Å². The lowest BCUT2D eigenvalue weighted by Crippen LogP contribution is -2.38. The molecule has 60 heavy (non-hydrogen) atoms. The van der Waals surface area contributed by atoms with Crippen molar-refractivity contribution in [1.82, 2.24) is 15.0 Å². The van der Waals surface area contributed by atoms with Crippen molar-refractivity contribution in [2.75, 3.05) is 4.90 Å². The molecule has 0 saturated carbocycles. The normalized spacial score (nSPS) is 15.6. The molecule has 1 aliphatic carbocycles. The van der Waals surface area contributed by atoms with Crippen LogP contribution in [0.4, 0.5) is 11.6 Å². The van der Waals surface area contributed by atoms with E-state index >= 15 is 0 Å². The average molecular weight is 783 g/mol. The Morgan fingerprint density at radius 1 is 0.433 bits per heavy atom. The van der Waals surface area contributed by atoms with Crippen molar-refractivity contribution in [2.45, 2.75) is 12.0 Å². The fourth-order valence-corrected chi connectivity index (χ4v) is 10.9. The molecule has 2 aliphatic rings. The van der Waals surface area contributed by atoms with E-state index in [2.05, 4.69) is 199 Å². The Morgan fingerprint density at radius 2 is 1.05 bits per heavy atom. The Hall–Kier alpha value is -7.47. The first-order valence-electron chi connectivity index (χ1n) is 20.5. The minimum atomic E-state index is -0.0493. The molecule has 0 bridgehead atoms. The monoisotopic (exact) mass is 782 g/mol. The van der Waals surface area contributed by atoms with Crippen molar-refractivity contribution in [3.63, 3.8) is 0 Å². The highest BCUT2D eigenvalue weighted by molar-refractivity contribution is 7.26. The number of thiophene rings is 1. The molecular weight excluding hydrogens is 749 g/mol. The van der Waals surface area contributed by atoms with Crippen LogP contribution in [0.3, 0.4) is 0 Å². The minimum Gasteiger partial charge on any atom is -0.302 e. The molecule has 9 aromatic carbocycles. The van der Waals surface area contributed by atoms with Crippen LogP contribution in [0.2, 0.25) is 0 Å². The maximum absolute atomic E-state index is 5.44.